The molecule has 1 atom stereocenters. The van der Waals surface area contributed by atoms with Crippen LogP contribution in [-0.2, 0) is 11.3 Å². The van der Waals surface area contributed by atoms with Gasteiger partial charge >= 0.3 is 0 Å². The number of amides is 1. The molecule has 1 unspecified atom stereocenters. The highest BCUT2D eigenvalue weighted by Gasteiger charge is 2.25. The molecule has 0 bridgehead atoms. The number of likely N-dealkylation sites (N-methyl/N-ethyl adjacent to an activating group) is 2. The van der Waals surface area contributed by atoms with Gasteiger partial charge in [-0.3, -0.25) is 14.5 Å². The van der Waals surface area contributed by atoms with Crippen molar-refractivity contribution in [1.82, 2.24) is 44.4 Å². The molecule has 0 saturated carbocycles. The van der Waals surface area contributed by atoms with E-state index < -0.39 is 5.92 Å². The highest BCUT2D eigenvalue weighted by Crippen LogP contribution is 2.34. The summed E-state index contributed by atoms with van der Waals surface area (Å²) in [5, 5.41) is 16.3. The molecular formula is C41H43ClN10O3. The summed E-state index contributed by atoms with van der Waals surface area (Å²) in [6.45, 7) is 5.99. The number of phenolic OH excluding ortho intramolecular Hbond substituents is 1. The van der Waals surface area contributed by atoms with Gasteiger partial charge in [-0.25, -0.2) is 19.6 Å². The summed E-state index contributed by atoms with van der Waals surface area (Å²) >= 11 is 6.48. The van der Waals surface area contributed by atoms with Crippen molar-refractivity contribution in [2.24, 2.45) is 0 Å². The van der Waals surface area contributed by atoms with Crippen LogP contribution in [0.2, 0.25) is 5.02 Å². The number of nitrogens with zero attached hydrogens (tertiary/aromatic N) is 8. The van der Waals surface area contributed by atoms with E-state index in [0.29, 0.717) is 69.8 Å². The number of aromatic amines is 1. The number of aromatic hydroxyl groups is 1. The van der Waals surface area contributed by atoms with Crippen LogP contribution in [0.15, 0.2) is 77.9 Å². The third-order valence-corrected chi connectivity index (χ3v) is 10.3. The van der Waals surface area contributed by atoms with Crippen LogP contribution in [0.4, 0.5) is 5.82 Å². The molecular weight excluding hydrogens is 716 g/mol. The zero-order valence-electron chi connectivity index (χ0n) is 30.9. The van der Waals surface area contributed by atoms with E-state index >= 15 is 0 Å². The van der Waals surface area contributed by atoms with Gasteiger partial charge in [-0.1, -0.05) is 41.6 Å². The zero-order chi connectivity index (χ0) is 38.5. The average molecular weight is 759 g/mol. The fourth-order valence-corrected chi connectivity index (χ4v) is 7.07. The van der Waals surface area contributed by atoms with E-state index in [2.05, 4.69) is 43.6 Å². The number of H-pyrrole nitrogens is 1. The molecule has 1 aliphatic heterocycles. The Balaban J connectivity index is 1.11. The van der Waals surface area contributed by atoms with Gasteiger partial charge in [0.1, 0.15) is 29.4 Å². The molecule has 0 aliphatic carbocycles. The summed E-state index contributed by atoms with van der Waals surface area (Å²) in [6, 6.07) is 19.5. The van der Waals surface area contributed by atoms with Crippen molar-refractivity contribution in [1.29, 1.82) is 0 Å². The first kappa shape index (κ1) is 37.5. The largest absolute Gasteiger partial charge is 0.508 e. The fourth-order valence-electron chi connectivity index (χ4n) is 6.87. The maximum atomic E-state index is 13.9. The number of fused-ring (bicyclic) bond motifs is 2. The maximum absolute atomic E-state index is 13.9. The molecule has 0 spiro atoms. The Kier molecular flexibility index (Phi) is 11.4. The van der Waals surface area contributed by atoms with Gasteiger partial charge in [-0.05, 0) is 67.6 Å². The first-order valence-corrected chi connectivity index (χ1v) is 18.7. The molecule has 14 heteroatoms. The Morgan fingerprint density at radius 3 is 2.62 bits per heavy atom. The number of halogens is 1. The SMILES string of the molecule is CN1CCN(CCN(C)C(=O)CCCC#Cc2cccc3nc(C(Cn4nc(-c5ccc(O)cc5)c5c(N)ncnc54)c4cccc(Cl)c4)[nH]c(=O)c23)CC1. The second-order valence-corrected chi connectivity index (χ2v) is 14.3. The number of hydrogen-bond acceptors (Lipinski definition) is 10. The molecule has 6 aromatic rings. The Morgan fingerprint density at radius 2 is 1.84 bits per heavy atom. The summed E-state index contributed by atoms with van der Waals surface area (Å²) < 4.78 is 1.73. The minimum Gasteiger partial charge on any atom is -0.508 e. The summed E-state index contributed by atoms with van der Waals surface area (Å²) in [7, 11) is 4.00. The smallest absolute Gasteiger partial charge is 0.260 e. The number of carbonyl (C=O) groups is 1. The summed E-state index contributed by atoms with van der Waals surface area (Å²) in [6.07, 6.45) is 2.95. The molecule has 0 radical (unpaired) electrons. The Hall–Kier alpha value is -5.81. The number of nitrogens with one attached hydrogen (secondary N) is 1. The van der Waals surface area contributed by atoms with Crippen LogP contribution in [0, 0.1) is 11.8 Å². The molecule has 3 aromatic carbocycles. The van der Waals surface area contributed by atoms with Gasteiger partial charge in [0, 0.05) is 75.3 Å². The Morgan fingerprint density at radius 1 is 1.05 bits per heavy atom. The minimum absolute atomic E-state index is 0.110. The van der Waals surface area contributed by atoms with Gasteiger partial charge in [0.2, 0.25) is 5.91 Å². The van der Waals surface area contributed by atoms with Gasteiger partial charge in [0.05, 0.1) is 28.8 Å². The third-order valence-electron chi connectivity index (χ3n) is 10.1. The van der Waals surface area contributed by atoms with Gasteiger partial charge in [0.15, 0.2) is 5.65 Å². The molecule has 282 valence electrons. The van der Waals surface area contributed by atoms with Gasteiger partial charge < -0.3 is 25.6 Å². The van der Waals surface area contributed by atoms with Crippen LogP contribution in [0.1, 0.15) is 42.1 Å². The van der Waals surface area contributed by atoms with E-state index in [9.17, 15) is 14.7 Å². The quantitative estimate of drug-likeness (QED) is 0.124. The lowest BCUT2D eigenvalue weighted by atomic mass is 9.97. The molecule has 13 nitrogen and oxygen atoms in total. The highest BCUT2D eigenvalue weighted by molar-refractivity contribution is 6.30. The standard InChI is InChI=1S/C41H43ClN10O3/c1-49-18-21-51(22-19-49)23-20-50(2)34(54)13-5-3-4-8-27-9-7-12-33-35(27)41(55)47-39(46-33)32(29-10-6-11-30(42)24-29)25-52-40-36(38(43)44-26-45-40)37(48-52)28-14-16-31(53)17-15-28/h6-7,9-12,14-17,24,26,32,53H,3,5,13,18-23,25H2,1-2H3,(H2,43,44,45)(H,46,47,55). The van der Waals surface area contributed by atoms with Crippen LogP contribution in [-0.4, -0.2) is 109 Å². The maximum Gasteiger partial charge on any atom is 0.260 e. The van der Waals surface area contributed by atoms with Crippen LogP contribution < -0.4 is 11.3 Å². The third kappa shape index (κ3) is 8.62. The average Bonchev–Trinajstić information content (AvgIpc) is 3.55. The van der Waals surface area contributed by atoms with Crippen molar-refractivity contribution in [3.8, 4) is 28.8 Å². The van der Waals surface area contributed by atoms with Gasteiger partial charge in [0.25, 0.3) is 5.56 Å². The Labute approximate surface area is 323 Å². The van der Waals surface area contributed by atoms with Crippen LogP contribution in [0.25, 0.3) is 33.2 Å². The van der Waals surface area contributed by atoms with E-state index in [-0.39, 0.29) is 29.6 Å². The number of nitrogen functional groups attached to an aromatic ring is 1. The first-order chi connectivity index (χ1) is 26.6. The predicted octanol–water partition coefficient (Wildman–Crippen LogP) is 4.73. The molecule has 4 heterocycles. The number of rotatable bonds is 11. The molecule has 1 saturated heterocycles. The van der Waals surface area contributed by atoms with E-state index in [1.54, 1.807) is 41.1 Å². The molecule has 55 heavy (non-hydrogen) atoms. The van der Waals surface area contributed by atoms with Crippen molar-refractivity contribution in [2.75, 3.05) is 59.1 Å². The molecule has 1 aliphatic rings. The lowest BCUT2D eigenvalue weighted by Crippen LogP contribution is -2.47. The molecule has 3 aromatic heterocycles. The lowest BCUT2D eigenvalue weighted by molar-refractivity contribution is -0.130. The number of aromatic nitrogens is 6. The summed E-state index contributed by atoms with van der Waals surface area (Å²) in [5.41, 5.74) is 9.69. The number of benzene rings is 3. The molecule has 1 fully saturated rings. The van der Waals surface area contributed by atoms with Crippen molar-refractivity contribution < 1.29 is 9.90 Å². The summed E-state index contributed by atoms with van der Waals surface area (Å²) in [4.78, 5) is 49.9. The van der Waals surface area contributed by atoms with E-state index in [4.69, 9.17) is 27.4 Å². The number of nitrogens with two attached hydrogens (primary N) is 1. The monoisotopic (exact) mass is 758 g/mol. The normalized spacial score (nSPS) is 14.2. The molecule has 7 rings (SSSR count). The van der Waals surface area contributed by atoms with Gasteiger partial charge in [-0.2, -0.15) is 5.10 Å². The second kappa shape index (κ2) is 16.7. The first-order valence-electron chi connectivity index (χ1n) is 18.3. The second-order valence-electron chi connectivity index (χ2n) is 13.9. The lowest BCUT2D eigenvalue weighted by Gasteiger charge is -2.33. The fraction of sp³-hybridized carbons (Fsp3) is 0.317. The predicted molar refractivity (Wildman–Crippen MR) is 215 cm³/mol. The number of hydrogen-bond donors (Lipinski definition) is 3. The van der Waals surface area contributed by atoms with Crippen LogP contribution in [0.3, 0.4) is 0 Å². The van der Waals surface area contributed by atoms with E-state index in [1.165, 1.54) is 6.33 Å². The Bertz CT molecular complexity index is 2450. The highest BCUT2D eigenvalue weighted by atomic mass is 35.5. The van der Waals surface area contributed by atoms with Crippen LogP contribution in [0.5, 0.6) is 5.75 Å². The number of carbonyl (C=O) groups excluding carboxylic acids is 1. The van der Waals surface area contributed by atoms with E-state index in [1.807, 2.05) is 42.3 Å². The van der Waals surface area contributed by atoms with Crippen molar-refractivity contribution in [3.05, 3.63) is 105 Å². The van der Waals surface area contributed by atoms with Gasteiger partial charge in [-0.15, -0.1) is 0 Å². The minimum atomic E-state index is -0.505. The summed E-state index contributed by atoms with van der Waals surface area (Å²) in [5.74, 6) is 6.74. The van der Waals surface area contributed by atoms with E-state index in [0.717, 1.165) is 43.9 Å². The van der Waals surface area contributed by atoms with Crippen molar-refractivity contribution >= 4 is 45.3 Å². The van der Waals surface area contributed by atoms with Crippen molar-refractivity contribution in [3.63, 3.8) is 0 Å². The number of anilines is 1. The molecule has 4 N–H and O–H groups in total. The topological polar surface area (TPSA) is 162 Å². The number of piperazine rings is 1. The molecule has 1 amide bonds. The zero-order valence-corrected chi connectivity index (χ0v) is 31.6. The van der Waals surface area contributed by atoms with Crippen molar-refractivity contribution in [2.45, 2.75) is 31.7 Å². The van der Waals surface area contributed by atoms with Crippen LogP contribution >= 0.6 is 11.6 Å². The number of phenols is 1. The number of unbranched alkanes of at least 4 members (excludes halogenated alkanes) is 1.